The highest BCUT2D eigenvalue weighted by Gasteiger charge is 2.02. The van der Waals surface area contributed by atoms with E-state index in [-0.39, 0.29) is 5.91 Å². The van der Waals surface area contributed by atoms with Crippen LogP contribution in [0.25, 0.3) is 0 Å². The maximum atomic E-state index is 10.9. The number of carbonyl (C=O) groups excluding carboxylic acids is 1. The van der Waals surface area contributed by atoms with E-state index in [0.717, 1.165) is 19.5 Å². The van der Waals surface area contributed by atoms with Gasteiger partial charge >= 0.3 is 0 Å². The van der Waals surface area contributed by atoms with Gasteiger partial charge in [0, 0.05) is 26.1 Å². The van der Waals surface area contributed by atoms with Gasteiger partial charge in [-0.3, -0.25) is 4.79 Å². The second kappa shape index (κ2) is 7.76. The highest BCUT2D eigenvalue weighted by molar-refractivity contribution is 5.75. The van der Waals surface area contributed by atoms with Crippen LogP contribution < -0.4 is 10.6 Å². The molecule has 0 aromatic heterocycles. The standard InChI is InChI=1S/C10H23N3O/c1-9(8-13(3)4)12-7-5-6-10(14)11-2/h9,12H,5-8H2,1-4H3,(H,11,14). The summed E-state index contributed by atoms with van der Waals surface area (Å²) in [5.41, 5.74) is 0. The minimum absolute atomic E-state index is 0.118. The van der Waals surface area contributed by atoms with Crippen molar-refractivity contribution in [1.82, 2.24) is 15.5 Å². The molecule has 0 aliphatic rings. The summed E-state index contributed by atoms with van der Waals surface area (Å²) in [5.74, 6) is 0.118. The second-order valence-electron chi connectivity index (χ2n) is 3.89. The van der Waals surface area contributed by atoms with Gasteiger partial charge in [0.2, 0.25) is 5.91 Å². The molecule has 0 aromatic rings. The number of hydrogen-bond donors (Lipinski definition) is 2. The Labute approximate surface area is 87.0 Å². The van der Waals surface area contributed by atoms with Crippen LogP contribution in [0.2, 0.25) is 0 Å². The molecule has 1 unspecified atom stereocenters. The Morgan fingerprint density at radius 1 is 1.43 bits per heavy atom. The van der Waals surface area contributed by atoms with E-state index >= 15 is 0 Å². The van der Waals surface area contributed by atoms with Gasteiger partial charge < -0.3 is 15.5 Å². The van der Waals surface area contributed by atoms with Crippen molar-refractivity contribution < 1.29 is 4.79 Å². The summed E-state index contributed by atoms with van der Waals surface area (Å²) < 4.78 is 0. The Bertz CT molecular complexity index is 159. The van der Waals surface area contributed by atoms with Gasteiger partial charge in [0.25, 0.3) is 0 Å². The van der Waals surface area contributed by atoms with Crippen LogP contribution in [0, 0.1) is 0 Å². The number of amides is 1. The van der Waals surface area contributed by atoms with E-state index in [1.165, 1.54) is 0 Å². The van der Waals surface area contributed by atoms with Gasteiger partial charge in [-0.1, -0.05) is 0 Å². The van der Waals surface area contributed by atoms with E-state index in [2.05, 4.69) is 36.6 Å². The minimum Gasteiger partial charge on any atom is -0.359 e. The smallest absolute Gasteiger partial charge is 0.219 e. The first kappa shape index (κ1) is 13.4. The Morgan fingerprint density at radius 2 is 2.07 bits per heavy atom. The van der Waals surface area contributed by atoms with Crippen LogP contribution in [0.15, 0.2) is 0 Å². The lowest BCUT2D eigenvalue weighted by atomic mass is 10.2. The molecule has 0 spiro atoms. The van der Waals surface area contributed by atoms with Gasteiger partial charge in [0.15, 0.2) is 0 Å². The van der Waals surface area contributed by atoms with Crippen LogP contribution >= 0.6 is 0 Å². The first-order chi connectivity index (χ1) is 6.56. The third kappa shape index (κ3) is 8.01. The average molecular weight is 201 g/mol. The Hall–Kier alpha value is -0.610. The average Bonchev–Trinajstić information content (AvgIpc) is 2.10. The normalized spacial score (nSPS) is 12.9. The van der Waals surface area contributed by atoms with Crippen molar-refractivity contribution in [1.29, 1.82) is 0 Å². The third-order valence-corrected chi connectivity index (χ3v) is 1.99. The van der Waals surface area contributed by atoms with Gasteiger partial charge in [-0.25, -0.2) is 0 Å². The highest BCUT2D eigenvalue weighted by Crippen LogP contribution is 1.89. The largest absolute Gasteiger partial charge is 0.359 e. The predicted molar refractivity (Wildman–Crippen MR) is 59.3 cm³/mol. The molecule has 0 rings (SSSR count). The minimum atomic E-state index is 0.118. The molecule has 1 atom stereocenters. The summed E-state index contributed by atoms with van der Waals surface area (Å²) in [6.45, 7) is 4.09. The van der Waals surface area contributed by atoms with Crippen molar-refractivity contribution in [3.8, 4) is 0 Å². The van der Waals surface area contributed by atoms with Crippen LogP contribution in [-0.4, -0.2) is 51.1 Å². The Kier molecular flexibility index (Phi) is 7.42. The molecule has 4 nitrogen and oxygen atoms in total. The van der Waals surface area contributed by atoms with E-state index in [0.29, 0.717) is 12.5 Å². The molecule has 0 radical (unpaired) electrons. The zero-order valence-corrected chi connectivity index (χ0v) is 9.76. The molecular weight excluding hydrogens is 178 g/mol. The second-order valence-corrected chi connectivity index (χ2v) is 3.89. The Morgan fingerprint density at radius 3 is 2.57 bits per heavy atom. The summed E-state index contributed by atoms with van der Waals surface area (Å²) in [5, 5.41) is 5.98. The zero-order chi connectivity index (χ0) is 11.0. The first-order valence-corrected chi connectivity index (χ1v) is 5.15. The van der Waals surface area contributed by atoms with Gasteiger partial charge in [-0.15, -0.1) is 0 Å². The van der Waals surface area contributed by atoms with Crippen LogP contribution in [0.4, 0.5) is 0 Å². The van der Waals surface area contributed by atoms with Crippen molar-refractivity contribution >= 4 is 5.91 Å². The van der Waals surface area contributed by atoms with Crippen molar-refractivity contribution in [2.75, 3.05) is 34.2 Å². The summed E-state index contributed by atoms with van der Waals surface area (Å²) in [6, 6.07) is 0.481. The van der Waals surface area contributed by atoms with E-state index < -0.39 is 0 Å². The van der Waals surface area contributed by atoms with E-state index in [9.17, 15) is 4.79 Å². The molecule has 0 aliphatic carbocycles. The third-order valence-electron chi connectivity index (χ3n) is 1.99. The Balaban J connectivity index is 3.31. The molecule has 0 aliphatic heterocycles. The van der Waals surface area contributed by atoms with E-state index in [1.54, 1.807) is 7.05 Å². The van der Waals surface area contributed by atoms with Crippen LogP contribution in [0.1, 0.15) is 19.8 Å². The number of hydrogen-bond acceptors (Lipinski definition) is 3. The van der Waals surface area contributed by atoms with E-state index in [1.807, 2.05) is 0 Å². The molecule has 14 heavy (non-hydrogen) atoms. The highest BCUT2D eigenvalue weighted by atomic mass is 16.1. The fraction of sp³-hybridized carbons (Fsp3) is 0.900. The molecule has 84 valence electrons. The molecule has 0 aromatic carbocycles. The SMILES string of the molecule is CNC(=O)CCCNC(C)CN(C)C. The summed E-state index contributed by atoms with van der Waals surface area (Å²) in [4.78, 5) is 13.0. The number of likely N-dealkylation sites (N-methyl/N-ethyl adjacent to an activating group) is 1. The molecule has 0 fully saturated rings. The number of nitrogens with zero attached hydrogens (tertiary/aromatic N) is 1. The molecule has 4 heteroatoms. The van der Waals surface area contributed by atoms with Crippen molar-refractivity contribution in [2.24, 2.45) is 0 Å². The summed E-state index contributed by atoms with van der Waals surface area (Å²) >= 11 is 0. The lowest BCUT2D eigenvalue weighted by molar-refractivity contribution is -0.120. The van der Waals surface area contributed by atoms with Gasteiger partial charge in [-0.2, -0.15) is 0 Å². The van der Waals surface area contributed by atoms with Gasteiger partial charge in [0.05, 0.1) is 0 Å². The van der Waals surface area contributed by atoms with Crippen LogP contribution in [0.5, 0.6) is 0 Å². The van der Waals surface area contributed by atoms with Crippen molar-refractivity contribution in [3.05, 3.63) is 0 Å². The topological polar surface area (TPSA) is 44.4 Å². The molecule has 0 saturated carbocycles. The fourth-order valence-corrected chi connectivity index (χ4v) is 1.33. The van der Waals surface area contributed by atoms with E-state index in [4.69, 9.17) is 0 Å². The predicted octanol–water partition coefficient (Wildman–Crippen LogP) is 0.0523. The zero-order valence-electron chi connectivity index (χ0n) is 9.76. The molecule has 1 amide bonds. The summed E-state index contributed by atoms with van der Waals surface area (Å²) in [6.07, 6.45) is 1.51. The maximum absolute atomic E-state index is 10.9. The van der Waals surface area contributed by atoms with Gasteiger partial charge in [0.1, 0.15) is 0 Å². The number of rotatable bonds is 7. The van der Waals surface area contributed by atoms with Gasteiger partial charge in [-0.05, 0) is 34.0 Å². The maximum Gasteiger partial charge on any atom is 0.219 e. The summed E-state index contributed by atoms with van der Waals surface area (Å²) in [7, 11) is 5.79. The monoisotopic (exact) mass is 201 g/mol. The fourth-order valence-electron chi connectivity index (χ4n) is 1.33. The van der Waals surface area contributed by atoms with Crippen LogP contribution in [-0.2, 0) is 4.79 Å². The number of nitrogens with one attached hydrogen (secondary N) is 2. The molecular formula is C10H23N3O. The number of carbonyl (C=O) groups is 1. The molecule has 0 bridgehead atoms. The van der Waals surface area contributed by atoms with Crippen molar-refractivity contribution in [3.63, 3.8) is 0 Å². The molecule has 0 saturated heterocycles. The molecule has 0 heterocycles. The quantitative estimate of drug-likeness (QED) is 0.572. The molecule has 2 N–H and O–H groups in total. The van der Waals surface area contributed by atoms with Crippen molar-refractivity contribution in [2.45, 2.75) is 25.8 Å². The lowest BCUT2D eigenvalue weighted by Crippen LogP contribution is -2.36. The lowest BCUT2D eigenvalue weighted by Gasteiger charge is -2.18. The van der Waals surface area contributed by atoms with Crippen LogP contribution in [0.3, 0.4) is 0 Å². The first-order valence-electron chi connectivity index (χ1n) is 5.15.